The fourth-order valence-electron chi connectivity index (χ4n) is 11.9. The minimum absolute atomic E-state index is 1.10. The molecule has 0 atom stereocenters. The smallest absolute Gasteiger partial charge is 0.0541 e. The molecular weight excluding hydrogens is 1190 g/mol. The van der Waals surface area contributed by atoms with E-state index in [1.165, 1.54) is 121 Å². The van der Waals surface area contributed by atoms with E-state index >= 15 is 0 Å². The average molecular weight is 1240 g/mol. The molecule has 0 bridgehead atoms. The summed E-state index contributed by atoms with van der Waals surface area (Å²) in [4.78, 5) is 0. The second-order valence-corrected chi connectivity index (χ2v) is 23.4. The van der Waals surface area contributed by atoms with E-state index in [4.69, 9.17) is 0 Å². The van der Waals surface area contributed by atoms with Gasteiger partial charge in [0.1, 0.15) is 0 Å². The Morgan fingerprint density at radius 2 is 0.540 bits per heavy atom. The molecule has 414 valence electrons. The lowest BCUT2D eigenvalue weighted by molar-refractivity contribution is 1.18. The van der Waals surface area contributed by atoms with Gasteiger partial charge >= 0.3 is 0 Å². The first-order valence-corrected chi connectivity index (χ1v) is 30.8. The summed E-state index contributed by atoms with van der Waals surface area (Å²) >= 11 is 7.05. The zero-order valence-corrected chi connectivity index (χ0v) is 50.7. The summed E-state index contributed by atoms with van der Waals surface area (Å²) in [5.74, 6) is 0. The van der Waals surface area contributed by atoms with E-state index in [1.807, 2.05) is 6.07 Å². The summed E-state index contributed by atoms with van der Waals surface area (Å²) in [6.07, 6.45) is 0. The van der Waals surface area contributed by atoms with Crippen LogP contribution in [0.4, 0.5) is 11.4 Å². The molecule has 2 heterocycles. The number of para-hydroxylation sites is 3. The van der Waals surface area contributed by atoms with Gasteiger partial charge in [-0.3, -0.25) is 0 Å². The molecule has 0 amide bonds. The summed E-state index contributed by atoms with van der Waals surface area (Å²) < 4.78 is 6.91. The molecule has 0 radical (unpaired) electrons. The van der Waals surface area contributed by atoms with Gasteiger partial charge in [0.05, 0.1) is 22.1 Å². The van der Waals surface area contributed by atoms with Gasteiger partial charge in [0.2, 0.25) is 0 Å². The number of aromatic nitrogens is 2. The van der Waals surface area contributed by atoms with Gasteiger partial charge in [0.15, 0.2) is 0 Å². The first-order chi connectivity index (χ1) is 43.0. The molecule has 0 saturated heterocycles. The molecule has 16 aromatic rings. The molecule has 0 saturated carbocycles. The number of rotatable bonds is 9. The Labute approximate surface area is 524 Å². The molecule has 0 aliphatic heterocycles. The quantitative estimate of drug-likeness (QED) is 0.153. The number of halogens is 2. The first-order valence-electron chi connectivity index (χ1n) is 29.3. The predicted molar refractivity (Wildman–Crippen MR) is 378 cm³/mol. The number of nitrogens with zero attached hydrogens (tertiary/aromatic N) is 2. The Balaban J connectivity index is 0.000000117. The van der Waals surface area contributed by atoms with Crippen LogP contribution >= 0.6 is 31.9 Å². The third kappa shape index (κ3) is 11.5. The topological polar surface area (TPSA) is 21.9 Å². The second kappa shape index (κ2) is 24.7. The molecule has 3 nitrogen and oxygen atoms in total. The van der Waals surface area contributed by atoms with Crippen LogP contribution in [0, 0.1) is 0 Å². The lowest BCUT2D eigenvalue weighted by Gasteiger charge is -2.10. The Kier molecular flexibility index (Phi) is 15.5. The molecule has 0 fully saturated rings. The highest BCUT2D eigenvalue weighted by molar-refractivity contribution is 9.10. The molecule has 0 spiro atoms. The van der Waals surface area contributed by atoms with Crippen LogP contribution in [0.3, 0.4) is 0 Å². The van der Waals surface area contributed by atoms with Crippen molar-refractivity contribution in [1.29, 1.82) is 0 Å². The minimum Gasteiger partial charge on any atom is -0.355 e. The van der Waals surface area contributed by atoms with E-state index in [1.54, 1.807) is 0 Å². The van der Waals surface area contributed by atoms with Crippen molar-refractivity contribution in [3.63, 3.8) is 0 Å². The maximum absolute atomic E-state index is 3.54. The predicted octanol–water partition coefficient (Wildman–Crippen LogP) is 24.0. The van der Waals surface area contributed by atoms with Crippen molar-refractivity contribution in [2.75, 3.05) is 5.32 Å². The van der Waals surface area contributed by atoms with Gasteiger partial charge in [0, 0.05) is 58.6 Å². The highest BCUT2D eigenvalue weighted by Gasteiger charge is 2.16. The number of hydrogen-bond donors (Lipinski definition) is 1. The van der Waals surface area contributed by atoms with Crippen LogP contribution in [0.5, 0.6) is 0 Å². The van der Waals surface area contributed by atoms with Crippen molar-refractivity contribution in [2.24, 2.45) is 0 Å². The monoisotopic (exact) mass is 1240 g/mol. The highest BCUT2D eigenvalue weighted by Crippen LogP contribution is 2.38. The molecule has 16 rings (SSSR count). The van der Waals surface area contributed by atoms with Crippen molar-refractivity contribution >= 4 is 97.6 Å². The van der Waals surface area contributed by atoms with Crippen LogP contribution in [-0.2, 0) is 0 Å². The number of fused-ring (bicyclic) bond motifs is 7. The maximum atomic E-state index is 3.54. The van der Waals surface area contributed by atoms with Crippen molar-refractivity contribution in [3.05, 3.63) is 349 Å². The van der Waals surface area contributed by atoms with E-state index in [9.17, 15) is 0 Å². The Morgan fingerprint density at radius 3 is 1.02 bits per heavy atom. The van der Waals surface area contributed by atoms with Crippen LogP contribution in [0.15, 0.2) is 349 Å². The van der Waals surface area contributed by atoms with Gasteiger partial charge in [-0.25, -0.2) is 0 Å². The number of hydrogen-bond acceptors (Lipinski definition) is 1. The van der Waals surface area contributed by atoms with Crippen molar-refractivity contribution in [1.82, 2.24) is 9.13 Å². The van der Waals surface area contributed by atoms with Gasteiger partial charge in [-0.2, -0.15) is 0 Å². The summed E-state index contributed by atoms with van der Waals surface area (Å²) in [5.41, 5.74) is 21.8. The Hall–Kier alpha value is -10.3. The lowest BCUT2D eigenvalue weighted by atomic mass is 9.99. The van der Waals surface area contributed by atoms with E-state index in [0.29, 0.717) is 0 Å². The number of nitrogens with one attached hydrogen (secondary N) is 1. The van der Waals surface area contributed by atoms with Crippen molar-refractivity contribution in [3.8, 4) is 67.0 Å². The van der Waals surface area contributed by atoms with Gasteiger partial charge in [-0.05, 0) is 164 Å². The van der Waals surface area contributed by atoms with Crippen LogP contribution in [0.1, 0.15) is 0 Å². The van der Waals surface area contributed by atoms with Crippen LogP contribution in [-0.4, -0.2) is 9.13 Å². The highest BCUT2D eigenvalue weighted by atomic mass is 79.9. The van der Waals surface area contributed by atoms with E-state index < -0.39 is 0 Å². The summed E-state index contributed by atoms with van der Waals surface area (Å²) in [5, 5.41) is 11.1. The van der Waals surface area contributed by atoms with Crippen LogP contribution in [0.25, 0.3) is 121 Å². The summed E-state index contributed by atoms with van der Waals surface area (Å²) in [6, 6.07) is 120. The molecule has 0 unspecified atom stereocenters. The summed E-state index contributed by atoms with van der Waals surface area (Å²) in [7, 11) is 0. The molecule has 0 aliphatic carbocycles. The Morgan fingerprint density at radius 1 is 0.218 bits per heavy atom. The molecule has 87 heavy (non-hydrogen) atoms. The number of anilines is 2. The standard InChI is InChI=1S/2C30H20BrN.C22H17N/c31-25-15-10-23(11-16-25)24-14-19-30-28(20-24)27-8-4-5-9-29(27)32(30)26-17-12-22(13-18-26)21-6-2-1-3-7-21;31-25-17-14-22(15-18-25)21-10-12-23(13-11-21)24-16-19-30-28(20-24)27-8-4-5-9-29(27)32(30)26-6-2-1-3-7-26;1-2-7-17(8-3-1)18-13-15-20(16-14-18)23-22-12-6-10-19-9-4-5-11-21(19)22/h2*1-20H;1-16,23H. The molecule has 14 aromatic carbocycles. The SMILES string of the molecule is Brc1ccc(-c2ccc(-c3ccc4c(c3)c3ccccc3n4-c3ccccc3)cc2)cc1.Brc1ccc(-c2ccc3c(c2)c2ccccc2n3-c2ccc(-c3ccccc3)cc2)cc1.c1ccc(-c2ccc(Nc3cccc4ccccc34)cc2)cc1. The van der Waals surface area contributed by atoms with E-state index in [2.05, 4.69) is 380 Å². The largest absolute Gasteiger partial charge is 0.355 e. The van der Waals surface area contributed by atoms with Crippen molar-refractivity contribution in [2.45, 2.75) is 0 Å². The molecule has 0 aliphatic rings. The minimum atomic E-state index is 1.10. The van der Waals surface area contributed by atoms with Gasteiger partial charge in [-0.15, -0.1) is 0 Å². The fraction of sp³-hybridized carbons (Fsp3) is 0. The zero-order chi connectivity index (χ0) is 58.5. The second-order valence-electron chi connectivity index (χ2n) is 21.6. The fourth-order valence-corrected chi connectivity index (χ4v) is 12.4. The molecular formula is C82H57Br2N3. The molecule has 1 N–H and O–H groups in total. The third-order valence-corrected chi connectivity index (χ3v) is 17.3. The normalized spacial score (nSPS) is 11.1. The number of benzene rings is 14. The summed E-state index contributed by atoms with van der Waals surface area (Å²) in [6.45, 7) is 0. The van der Waals surface area contributed by atoms with Crippen LogP contribution in [0.2, 0.25) is 0 Å². The lowest BCUT2D eigenvalue weighted by Crippen LogP contribution is -1.93. The van der Waals surface area contributed by atoms with Crippen LogP contribution < -0.4 is 5.32 Å². The van der Waals surface area contributed by atoms with E-state index in [0.717, 1.165) is 20.3 Å². The Bertz CT molecular complexity index is 5010. The zero-order valence-electron chi connectivity index (χ0n) is 47.5. The van der Waals surface area contributed by atoms with E-state index in [-0.39, 0.29) is 0 Å². The maximum Gasteiger partial charge on any atom is 0.0541 e. The first kappa shape index (κ1) is 54.6. The van der Waals surface area contributed by atoms with Crippen molar-refractivity contribution < 1.29 is 0 Å². The van der Waals surface area contributed by atoms with Gasteiger partial charge in [-0.1, -0.05) is 268 Å². The molecule has 5 heteroatoms. The van der Waals surface area contributed by atoms with Gasteiger partial charge in [0.25, 0.3) is 0 Å². The molecule has 2 aromatic heterocycles. The van der Waals surface area contributed by atoms with Gasteiger partial charge < -0.3 is 14.5 Å². The third-order valence-electron chi connectivity index (χ3n) is 16.2. The average Bonchev–Trinajstić information content (AvgIpc) is 1.74.